The van der Waals surface area contributed by atoms with Gasteiger partial charge < -0.3 is 14.4 Å². The minimum absolute atomic E-state index is 1.08. The van der Waals surface area contributed by atoms with Gasteiger partial charge in [0.15, 0.2) is 8.07 Å². The summed E-state index contributed by atoms with van der Waals surface area (Å²) in [5.74, 6) is 0. The van der Waals surface area contributed by atoms with E-state index in [4.69, 9.17) is 0 Å². The average Bonchev–Trinajstić information content (AvgIpc) is 3.70. The highest BCUT2D eigenvalue weighted by Gasteiger charge is 2.43. The van der Waals surface area contributed by atoms with Crippen molar-refractivity contribution in [2.45, 2.75) is 0 Å². The van der Waals surface area contributed by atoms with Crippen molar-refractivity contribution >= 4 is 84.8 Å². The molecule has 3 nitrogen and oxygen atoms in total. The number of benzene rings is 10. The SMILES string of the molecule is c1ccc(N(c2ccccc2)c2cc(N(c3ccccc3)c3ccccc3)cc([Si](c3ccccc3)(c3ccccc3)c3ccc4c(c3)c3ccccc3n4-c3ccccc3)c2)cc1. The number of hydrogen-bond donors (Lipinski definition) is 0. The summed E-state index contributed by atoms with van der Waals surface area (Å²) in [5, 5.41) is 7.69. The Bertz CT molecular complexity index is 3090. The molecule has 0 aliphatic carbocycles. The fourth-order valence-corrected chi connectivity index (χ4v) is 14.5. The fourth-order valence-electron chi connectivity index (χ4n) is 9.71. The molecule has 0 radical (unpaired) electrons. The van der Waals surface area contributed by atoms with Gasteiger partial charge in [0.1, 0.15) is 0 Å². The van der Waals surface area contributed by atoms with E-state index < -0.39 is 8.07 Å². The zero-order valence-corrected chi connectivity index (χ0v) is 36.3. The van der Waals surface area contributed by atoms with Gasteiger partial charge in [0.2, 0.25) is 0 Å². The van der Waals surface area contributed by atoms with E-state index in [1.54, 1.807) is 0 Å². The zero-order valence-electron chi connectivity index (χ0n) is 35.3. The molecule has 0 unspecified atom stereocenters. The molecule has 4 heteroatoms. The molecule has 10 aromatic carbocycles. The molecule has 0 aliphatic rings. The third kappa shape index (κ3) is 6.87. The van der Waals surface area contributed by atoms with E-state index in [0.29, 0.717) is 0 Å². The Labute approximate surface area is 376 Å². The molecule has 0 saturated carbocycles. The van der Waals surface area contributed by atoms with Gasteiger partial charge in [-0.25, -0.2) is 0 Å². The van der Waals surface area contributed by atoms with Gasteiger partial charge in [-0.3, -0.25) is 0 Å². The second-order valence-corrected chi connectivity index (χ2v) is 20.0. The van der Waals surface area contributed by atoms with Crippen LogP contribution in [0.5, 0.6) is 0 Å². The molecule has 0 bridgehead atoms. The van der Waals surface area contributed by atoms with Gasteiger partial charge in [0, 0.05) is 50.6 Å². The van der Waals surface area contributed by atoms with Gasteiger partial charge in [-0.05, 0) is 112 Å². The lowest BCUT2D eigenvalue weighted by molar-refractivity contribution is 1.18. The van der Waals surface area contributed by atoms with Crippen LogP contribution >= 0.6 is 0 Å². The third-order valence-electron chi connectivity index (χ3n) is 12.4. The topological polar surface area (TPSA) is 11.4 Å². The van der Waals surface area contributed by atoms with E-state index in [-0.39, 0.29) is 0 Å². The first-order valence-corrected chi connectivity index (χ1v) is 23.9. The molecule has 11 rings (SSSR count). The second-order valence-electron chi connectivity index (χ2n) is 16.2. The van der Waals surface area contributed by atoms with Crippen LogP contribution in [0.25, 0.3) is 27.5 Å². The highest BCUT2D eigenvalue weighted by molar-refractivity contribution is 7.20. The first-order valence-electron chi connectivity index (χ1n) is 21.9. The Morgan fingerprint density at radius 3 is 1.08 bits per heavy atom. The average molecular weight is 836 g/mol. The molecule has 0 aliphatic heterocycles. The molecular weight excluding hydrogens is 791 g/mol. The number of rotatable bonds is 11. The minimum Gasteiger partial charge on any atom is -0.310 e. The molecule has 0 amide bonds. The largest absolute Gasteiger partial charge is 0.310 e. The highest BCUT2D eigenvalue weighted by Crippen LogP contribution is 2.41. The maximum atomic E-state index is 2.52. The van der Waals surface area contributed by atoms with Crippen molar-refractivity contribution in [2.75, 3.05) is 9.80 Å². The molecule has 0 saturated heterocycles. The third-order valence-corrected chi connectivity index (χ3v) is 17.2. The van der Waals surface area contributed by atoms with Gasteiger partial charge in [0.05, 0.1) is 11.0 Å². The van der Waals surface area contributed by atoms with Crippen LogP contribution in [0.3, 0.4) is 0 Å². The summed E-state index contributed by atoms with van der Waals surface area (Å²) < 4.78 is 2.41. The quantitative estimate of drug-likeness (QED) is 0.0950. The zero-order chi connectivity index (χ0) is 42.7. The molecule has 1 aromatic heterocycles. The lowest BCUT2D eigenvalue weighted by Gasteiger charge is -2.37. The summed E-state index contributed by atoms with van der Waals surface area (Å²) in [7, 11) is -3.20. The summed E-state index contributed by atoms with van der Waals surface area (Å²) in [4.78, 5) is 4.82. The first-order chi connectivity index (χ1) is 31.8. The molecule has 0 N–H and O–H groups in total. The summed E-state index contributed by atoms with van der Waals surface area (Å²) in [6, 6.07) is 99.9. The van der Waals surface area contributed by atoms with Crippen molar-refractivity contribution in [1.82, 2.24) is 4.57 Å². The number of nitrogens with zero attached hydrogens (tertiary/aromatic N) is 3. The van der Waals surface area contributed by atoms with Gasteiger partial charge in [-0.1, -0.05) is 182 Å². The van der Waals surface area contributed by atoms with Crippen LogP contribution in [-0.4, -0.2) is 12.6 Å². The number of anilines is 6. The van der Waals surface area contributed by atoms with Crippen LogP contribution in [0, 0.1) is 0 Å². The Kier molecular flexibility index (Phi) is 10.2. The predicted molar refractivity (Wildman–Crippen MR) is 274 cm³/mol. The normalized spacial score (nSPS) is 11.4. The van der Waals surface area contributed by atoms with Crippen LogP contribution in [0.2, 0.25) is 0 Å². The lowest BCUT2D eigenvalue weighted by atomic mass is 10.1. The molecule has 0 spiro atoms. The van der Waals surface area contributed by atoms with E-state index in [9.17, 15) is 0 Å². The van der Waals surface area contributed by atoms with Crippen LogP contribution in [0.1, 0.15) is 0 Å². The standard InChI is InChI=1S/C60H45N3Si/c1-8-24-46(25-9-1)61(47-26-10-2-11-27-47)51-42-52(62(48-28-12-3-13-29-48)49-30-14-4-15-31-49)44-56(43-51)64(53-34-18-6-19-35-53,54-36-20-7-21-37-54)55-40-41-60-58(45-55)57-38-22-23-39-59(57)63(60)50-32-16-5-17-33-50/h1-45H. The molecule has 11 aromatic rings. The van der Waals surface area contributed by atoms with Gasteiger partial charge >= 0.3 is 0 Å². The van der Waals surface area contributed by atoms with Gasteiger partial charge in [0.25, 0.3) is 0 Å². The Morgan fingerprint density at radius 2 is 0.625 bits per heavy atom. The number of aromatic nitrogens is 1. The smallest absolute Gasteiger partial charge is 0.179 e. The molecule has 0 atom stereocenters. The first kappa shape index (κ1) is 38.7. The van der Waals surface area contributed by atoms with E-state index in [2.05, 4.69) is 287 Å². The van der Waals surface area contributed by atoms with E-state index in [1.165, 1.54) is 42.6 Å². The Hall–Kier alpha value is -8.18. The highest BCUT2D eigenvalue weighted by atomic mass is 28.3. The van der Waals surface area contributed by atoms with E-state index in [1.807, 2.05) is 0 Å². The van der Waals surface area contributed by atoms with Crippen LogP contribution < -0.4 is 30.5 Å². The lowest BCUT2D eigenvalue weighted by Crippen LogP contribution is -2.74. The van der Waals surface area contributed by atoms with Crippen molar-refractivity contribution in [3.05, 3.63) is 273 Å². The summed E-state index contributed by atoms with van der Waals surface area (Å²) in [5.41, 5.74) is 10.0. The van der Waals surface area contributed by atoms with Crippen molar-refractivity contribution < 1.29 is 0 Å². The van der Waals surface area contributed by atoms with Crippen LogP contribution in [-0.2, 0) is 0 Å². The molecular formula is C60H45N3Si. The van der Waals surface area contributed by atoms with Crippen LogP contribution in [0.4, 0.5) is 34.1 Å². The van der Waals surface area contributed by atoms with E-state index in [0.717, 1.165) is 39.8 Å². The number of fused-ring (bicyclic) bond motifs is 3. The Balaban J connectivity index is 1.28. The Morgan fingerprint density at radius 1 is 0.250 bits per heavy atom. The molecule has 1 heterocycles. The number of para-hydroxylation sites is 6. The predicted octanol–water partition coefficient (Wildman–Crippen LogP) is 13.1. The summed E-state index contributed by atoms with van der Waals surface area (Å²) >= 11 is 0. The summed E-state index contributed by atoms with van der Waals surface area (Å²) in [6.45, 7) is 0. The van der Waals surface area contributed by atoms with Crippen molar-refractivity contribution in [3.8, 4) is 5.69 Å². The maximum Gasteiger partial charge on any atom is 0.179 e. The van der Waals surface area contributed by atoms with Crippen molar-refractivity contribution in [3.63, 3.8) is 0 Å². The summed E-state index contributed by atoms with van der Waals surface area (Å²) in [6.07, 6.45) is 0. The van der Waals surface area contributed by atoms with Crippen molar-refractivity contribution in [1.29, 1.82) is 0 Å². The monoisotopic (exact) mass is 835 g/mol. The van der Waals surface area contributed by atoms with Gasteiger partial charge in [-0.15, -0.1) is 0 Å². The fraction of sp³-hybridized carbons (Fsp3) is 0. The van der Waals surface area contributed by atoms with Crippen molar-refractivity contribution in [2.24, 2.45) is 0 Å². The minimum atomic E-state index is -3.20. The number of hydrogen-bond acceptors (Lipinski definition) is 2. The molecule has 64 heavy (non-hydrogen) atoms. The van der Waals surface area contributed by atoms with Crippen LogP contribution in [0.15, 0.2) is 273 Å². The van der Waals surface area contributed by atoms with Gasteiger partial charge in [-0.2, -0.15) is 0 Å². The second kappa shape index (κ2) is 16.9. The van der Waals surface area contributed by atoms with E-state index >= 15 is 0 Å². The molecule has 0 fully saturated rings. The maximum absolute atomic E-state index is 3.20. The molecule has 304 valence electrons.